The molecule has 0 aromatic heterocycles. The first kappa shape index (κ1) is 24.1. The van der Waals surface area contributed by atoms with Gasteiger partial charge in [-0.3, -0.25) is 9.69 Å². The van der Waals surface area contributed by atoms with E-state index < -0.39 is 17.7 Å². The van der Waals surface area contributed by atoms with Crippen LogP contribution in [0.4, 0.5) is 13.2 Å². The van der Waals surface area contributed by atoms with Gasteiger partial charge in [0.1, 0.15) is 0 Å². The second-order valence-corrected chi connectivity index (χ2v) is 8.78. The fraction of sp³-hybridized carbons (Fsp3) is 0.423. The van der Waals surface area contributed by atoms with Crippen molar-refractivity contribution >= 4 is 5.97 Å². The van der Waals surface area contributed by atoms with Crippen LogP contribution in [0.25, 0.3) is 0 Å². The summed E-state index contributed by atoms with van der Waals surface area (Å²) in [6.07, 6.45) is -1.26. The van der Waals surface area contributed by atoms with Gasteiger partial charge >= 0.3 is 12.1 Å². The Morgan fingerprint density at radius 3 is 2.38 bits per heavy atom. The average molecular weight is 446 g/mol. The van der Waals surface area contributed by atoms with Crippen LogP contribution < -0.4 is 0 Å². The Bertz CT molecular complexity index is 909. The minimum atomic E-state index is -4.38. The first-order chi connectivity index (χ1) is 15.1. The smallest absolute Gasteiger partial charge is 0.416 e. The zero-order valence-corrected chi connectivity index (χ0v) is 18.3. The van der Waals surface area contributed by atoms with Crippen LogP contribution in [0, 0.1) is 5.92 Å². The number of likely N-dealkylation sites (tertiary alicyclic amines) is 1. The molecule has 3 unspecified atom stereocenters. The highest BCUT2D eigenvalue weighted by Gasteiger charge is 2.36. The van der Waals surface area contributed by atoms with Crippen molar-refractivity contribution < 1.29 is 23.1 Å². The van der Waals surface area contributed by atoms with E-state index in [0.29, 0.717) is 13.0 Å². The van der Waals surface area contributed by atoms with Crippen molar-refractivity contribution in [3.05, 3.63) is 83.4 Å². The minimum Gasteiger partial charge on any atom is -0.481 e. The monoisotopic (exact) mass is 445 g/mol. The van der Waals surface area contributed by atoms with Crippen LogP contribution in [-0.4, -0.2) is 22.5 Å². The van der Waals surface area contributed by atoms with Crippen molar-refractivity contribution in [3.63, 3.8) is 0 Å². The molecule has 0 bridgehead atoms. The van der Waals surface area contributed by atoms with Crippen LogP contribution in [-0.2, 0) is 11.0 Å². The van der Waals surface area contributed by atoms with E-state index in [0.717, 1.165) is 48.1 Å². The molecule has 1 fully saturated rings. The van der Waals surface area contributed by atoms with Crippen molar-refractivity contribution in [1.82, 2.24) is 4.90 Å². The van der Waals surface area contributed by atoms with Gasteiger partial charge in [0.25, 0.3) is 0 Å². The number of carbonyl (C=O) groups is 1. The van der Waals surface area contributed by atoms with Crippen molar-refractivity contribution in [2.75, 3.05) is 6.54 Å². The number of hydrogen-bond donors (Lipinski definition) is 1. The summed E-state index contributed by atoms with van der Waals surface area (Å²) in [4.78, 5) is 13.7. The van der Waals surface area contributed by atoms with Crippen molar-refractivity contribution in [2.45, 2.75) is 57.3 Å². The second-order valence-electron chi connectivity index (χ2n) is 8.78. The number of carboxylic acid groups (broad SMARTS) is 1. The Morgan fingerprint density at radius 1 is 1.16 bits per heavy atom. The molecule has 0 aliphatic carbocycles. The zero-order valence-electron chi connectivity index (χ0n) is 18.3. The first-order valence-electron chi connectivity index (χ1n) is 11.0. The molecule has 3 rings (SSSR count). The topological polar surface area (TPSA) is 40.5 Å². The van der Waals surface area contributed by atoms with E-state index in [1.807, 2.05) is 25.1 Å². The minimum absolute atomic E-state index is 0.00592. The molecule has 1 N–H and O–H groups in total. The lowest BCUT2D eigenvalue weighted by Gasteiger charge is -2.44. The molecular weight excluding hydrogens is 415 g/mol. The van der Waals surface area contributed by atoms with Gasteiger partial charge in [-0.2, -0.15) is 13.2 Å². The summed E-state index contributed by atoms with van der Waals surface area (Å²) in [5.41, 5.74) is 2.36. The van der Waals surface area contributed by atoms with Crippen LogP contribution in [0.2, 0.25) is 0 Å². The fourth-order valence-electron chi connectivity index (χ4n) is 4.67. The maximum Gasteiger partial charge on any atom is 0.416 e. The Hall–Kier alpha value is -2.60. The first-order valence-corrected chi connectivity index (χ1v) is 11.0. The molecule has 2 aromatic rings. The molecule has 32 heavy (non-hydrogen) atoms. The van der Waals surface area contributed by atoms with E-state index in [9.17, 15) is 23.1 Å². The lowest BCUT2D eigenvalue weighted by atomic mass is 9.82. The van der Waals surface area contributed by atoms with Crippen LogP contribution in [0.3, 0.4) is 0 Å². The van der Waals surface area contributed by atoms with Gasteiger partial charge in [0.05, 0.1) is 5.56 Å². The van der Waals surface area contributed by atoms with Crippen molar-refractivity contribution in [1.29, 1.82) is 0 Å². The average Bonchev–Trinajstić information content (AvgIpc) is 2.74. The Labute approximate surface area is 187 Å². The van der Waals surface area contributed by atoms with E-state index in [4.69, 9.17) is 0 Å². The SMILES string of the molecule is C=C(C)CCC(c1ccccc1)N1CCC(CC(=O)O)CC1c1ccc(C(F)(F)F)cc1. The van der Waals surface area contributed by atoms with Crippen molar-refractivity contribution in [3.8, 4) is 0 Å². The molecule has 0 amide bonds. The Morgan fingerprint density at radius 2 is 1.81 bits per heavy atom. The predicted octanol–water partition coefficient (Wildman–Crippen LogP) is 7.03. The highest BCUT2D eigenvalue weighted by molar-refractivity contribution is 5.67. The van der Waals surface area contributed by atoms with Crippen LogP contribution in [0.1, 0.15) is 67.8 Å². The Kier molecular flexibility index (Phi) is 7.77. The molecule has 1 saturated heterocycles. The van der Waals surface area contributed by atoms with Crippen LogP contribution in [0.15, 0.2) is 66.7 Å². The summed E-state index contributed by atoms with van der Waals surface area (Å²) in [5.74, 6) is -0.842. The van der Waals surface area contributed by atoms with E-state index in [1.54, 1.807) is 12.1 Å². The van der Waals surface area contributed by atoms with Gasteiger partial charge in [-0.25, -0.2) is 0 Å². The quantitative estimate of drug-likeness (QED) is 0.444. The molecule has 172 valence electrons. The predicted molar refractivity (Wildman–Crippen MR) is 119 cm³/mol. The fourth-order valence-corrected chi connectivity index (χ4v) is 4.67. The number of piperidine rings is 1. The standard InChI is InChI=1S/C26H30F3NO2/c1-18(2)8-13-23(20-6-4-3-5-7-20)30-15-14-19(17-25(31)32)16-24(30)21-9-11-22(12-10-21)26(27,28)29/h3-7,9-12,19,23-24H,1,8,13-17H2,2H3,(H,31,32). The van der Waals surface area contributed by atoms with Gasteiger partial charge in [-0.1, -0.05) is 48.0 Å². The highest BCUT2D eigenvalue weighted by Crippen LogP contribution is 2.43. The normalized spacial score (nSPS) is 20.6. The molecule has 1 heterocycles. The summed E-state index contributed by atoms with van der Waals surface area (Å²) < 4.78 is 39.3. The van der Waals surface area contributed by atoms with Gasteiger partial charge in [0.2, 0.25) is 0 Å². The lowest BCUT2D eigenvalue weighted by molar-refractivity contribution is -0.139. The summed E-state index contributed by atoms with van der Waals surface area (Å²) >= 11 is 0. The number of nitrogens with zero attached hydrogens (tertiary/aromatic N) is 1. The molecule has 2 aromatic carbocycles. The van der Waals surface area contributed by atoms with E-state index in [1.165, 1.54) is 0 Å². The summed E-state index contributed by atoms with van der Waals surface area (Å²) in [6, 6.07) is 15.4. The molecule has 1 aliphatic heterocycles. The summed E-state index contributed by atoms with van der Waals surface area (Å²) in [5, 5.41) is 9.30. The van der Waals surface area contributed by atoms with Crippen molar-refractivity contribution in [2.24, 2.45) is 5.92 Å². The summed E-state index contributed by atoms with van der Waals surface area (Å²) in [6.45, 7) is 6.72. The van der Waals surface area contributed by atoms with Gasteiger partial charge in [0.15, 0.2) is 0 Å². The maximum atomic E-state index is 13.1. The highest BCUT2D eigenvalue weighted by atomic mass is 19.4. The zero-order chi connectivity index (χ0) is 23.3. The second kappa shape index (κ2) is 10.3. The number of rotatable bonds is 8. The lowest BCUT2D eigenvalue weighted by Crippen LogP contribution is -2.40. The van der Waals surface area contributed by atoms with E-state index in [2.05, 4.69) is 23.6 Å². The van der Waals surface area contributed by atoms with Crippen LogP contribution in [0.5, 0.6) is 0 Å². The Balaban J connectivity index is 1.96. The van der Waals surface area contributed by atoms with E-state index >= 15 is 0 Å². The number of benzene rings is 2. The largest absolute Gasteiger partial charge is 0.481 e. The molecular formula is C26H30F3NO2. The van der Waals surface area contributed by atoms with Gasteiger partial charge in [-0.05, 0) is 68.3 Å². The third-order valence-electron chi connectivity index (χ3n) is 6.27. The molecule has 6 heteroatoms. The van der Waals surface area contributed by atoms with E-state index in [-0.39, 0.29) is 24.4 Å². The number of carboxylic acids is 1. The van der Waals surface area contributed by atoms with Crippen LogP contribution >= 0.6 is 0 Å². The van der Waals surface area contributed by atoms with Gasteiger partial charge in [0, 0.05) is 18.5 Å². The third kappa shape index (κ3) is 6.22. The maximum absolute atomic E-state index is 13.1. The molecule has 3 atom stereocenters. The summed E-state index contributed by atoms with van der Waals surface area (Å²) in [7, 11) is 0. The molecule has 0 saturated carbocycles. The number of aliphatic carboxylic acids is 1. The number of allylic oxidation sites excluding steroid dienone is 1. The number of hydrogen-bond acceptors (Lipinski definition) is 2. The number of alkyl halides is 3. The van der Waals surface area contributed by atoms with Gasteiger partial charge < -0.3 is 5.11 Å². The third-order valence-corrected chi connectivity index (χ3v) is 6.27. The molecule has 1 aliphatic rings. The molecule has 3 nitrogen and oxygen atoms in total. The molecule has 0 spiro atoms. The number of halogens is 3. The van der Waals surface area contributed by atoms with Gasteiger partial charge in [-0.15, -0.1) is 6.58 Å². The molecule has 0 radical (unpaired) electrons.